The molecule has 1 aromatic rings. The van der Waals surface area contributed by atoms with E-state index >= 15 is 0 Å². The summed E-state index contributed by atoms with van der Waals surface area (Å²) in [5.41, 5.74) is 2.61. The molecule has 0 aromatic carbocycles. The standard InChI is InChI=1S/C18H27N5O/c1-13-20-16-7-3-2-6-15(16)18(21-13)22-9-4-5-14(12-22)23-10-8-19-11-17(23)24/h14,19H,2-12H2,1H3/t14-/m0/s1. The minimum atomic E-state index is 0.244. The number of nitrogens with zero attached hydrogens (tertiary/aromatic N) is 4. The van der Waals surface area contributed by atoms with Crippen molar-refractivity contribution in [1.29, 1.82) is 0 Å². The molecule has 6 nitrogen and oxygen atoms in total. The monoisotopic (exact) mass is 329 g/mol. The number of rotatable bonds is 2. The number of hydrogen-bond donors (Lipinski definition) is 1. The van der Waals surface area contributed by atoms with E-state index in [1.165, 1.54) is 24.1 Å². The smallest absolute Gasteiger partial charge is 0.236 e. The van der Waals surface area contributed by atoms with Gasteiger partial charge in [0.05, 0.1) is 6.54 Å². The van der Waals surface area contributed by atoms with Crippen LogP contribution in [0.4, 0.5) is 5.82 Å². The van der Waals surface area contributed by atoms with E-state index in [1.807, 2.05) is 6.92 Å². The van der Waals surface area contributed by atoms with Crippen molar-refractivity contribution in [2.45, 2.75) is 51.5 Å². The summed E-state index contributed by atoms with van der Waals surface area (Å²) in [6, 6.07) is 0.322. The highest BCUT2D eigenvalue weighted by Crippen LogP contribution is 2.30. The molecule has 0 saturated carbocycles. The molecule has 24 heavy (non-hydrogen) atoms. The quantitative estimate of drug-likeness (QED) is 0.879. The van der Waals surface area contributed by atoms with E-state index in [4.69, 9.17) is 4.98 Å². The number of carbonyl (C=O) groups excluding carboxylic acids is 1. The Labute approximate surface area is 143 Å². The fourth-order valence-electron chi connectivity index (χ4n) is 4.37. The summed E-state index contributed by atoms with van der Waals surface area (Å²) in [4.78, 5) is 26.2. The number of aryl methyl sites for hydroxylation is 2. The number of hydrogen-bond acceptors (Lipinski definition) is 5. The number of nitrogens with one attached hydrogen (secondary N) is 1. The molecule has 2 saturated heterocycles. The van der Waals surface area contributed by atoms with Crippen molar-refractivity contribution in [3.05, 3.63) is 17.1 Å². The summed E-state index contributed by atoms with van der Waals surface area (Å²) in [7, 11) is 0. The molecule has 1 amide bonds. The molecule has 3 aliphatic rings. The minimum absolute atomic E-state index is 0.244. The van der Waals surface area contributed by atoms with Gasteiger partial charge in [0, 0.05) is 43.5 Å². The van der Waals surface area contributed by atoms with Crippen LogP contribution in [0, 0.1) is 6.92 Å². The predicted octanol–water partition coefficient (Wildman–Crippen LogP) is 1.06. The fraction of sp³-hybridized carbons (Fsp3) is 0.722. The van der Waals surface area contributed by atoms with Crippen LogP contribution in [0.3, 0.4) is 0 Å². The van der Waals surface area contributed by atoms with E-state index in [9.17, 15) is 4.79 Å². The van der Waals surface area contributed by atoms with Gasteiger partial charge >= 0.3 is 0 Å². The number of fused-ring (bicyclic) bond motifs is 1. The van der Waals surface area contributed by atoms with Crippen LogP contribution in [0.15, 0.2) is 0 Å². The normalized spacial score (nSPS) is 24.9. The van der Waals surface area contributed by atoms with Gasteiger partial charge in [-0.2, -0.15) is 0 Å². The molecule has 0 bridgehead atoms. The maximum atomic E-state index is 12.2. The molecular weight excluding hydrogens is 302 g/mol. The van der Waals surface area contributed by atoms with Crippen molar-refractivity contribution in [3.8, 4) is 0 Å². The Balaban J connectivity index is 1.58. The van der Waals surface area contributed by atoms with E-state index in [0.29, 0.717) is 12.6 Å². The lowest BCUT2D eigenvalue weighted by Crippen LogP contribution is -2.57. The van der Waals surface area contributed by atoms with Gasteiger partial charge < -0.3 is 15.1 Å². The second-order valence-electron chi connectivity index (χ2n) is 7.23. The van der Waals surface area contributed by atoms with Crippen LogP contribution in [0.25, 0.3) is 0 Å². The fourth-order valence-corrected chi connectivity index (χ4v) is 4.37. The Bertz CT molecular complexity index is 632. The average Bonchev–Trinajstić information content (AvgIpc) is 2.61. The van der Waals surface area contributed by atoms with Crippen LogP contribution in [0.2, 0.25) is 0 Å². The number of aromatic nitrogens is 2. The maximum absolute atomic E-state index is 12.2. The molecule has 0 spiro atoms. The Morgan fingerprint density at radius 3 is 2.88 bits per heavy atom. The van der Waals surface area contributed by atoms with Crippen molar-refractivity contribution in [2.24, 2.45) is 0 Å². The molecule has 1 aromatic heterocycles. The number of piperidine rings is 1. The van der Waals surface area contributed by atoms with Gasteiger partial charge in [-0.25, -0.2) is 9.97 Å². The third-order valence-corrected chi connectivity index (χ3v) is 5.54. The summed E-state index contributed by atoms with van der Waals surface area (Å²) in [6.07, 6.45) is 6.88. The first kappa shape index (κ1) is 15.8. The van der Waals surface area contributed by atoms with Gasteiger partial charge in [-0.15, -0.1) is 0 Å². The Kier molecular flexibility index (Phi) is 4.39. The first-order valence-corrected chi connectivity index (χ1v) is 9.34. The first-order valence-electron chi connectivity index (χ1n) is 9.34. The molecule has 6 heteroatoms. The molecule has 4 rings (SSSR count). The Hall–Kier alpha value is -1.69. The minimum Gasteiger partial charge on any atom is -0.354 e. The van der Waals surface area contributed by atoms with Gasteiger partial charge in [-0.05, 0) is 45.4 Å². The van der Waals surface area contributed by atoms with Crippen molar-refractivity contribution in [3.63, 3.8) is 0 Å². The molecule has 1 aliphatic carbocycles. The van der Waals surface area contributed by atoms with E-state index in [-0.39, 0.29) is 5.91 Å². The summed E-state index contributed by atoms with van der Waals surface area (Å²) < 4.78 is 0. The van der Waals surface area contributed by atoms with E-state index in [1.54, 1.807) is 0 Å². The molecule has 2 aliphatic heterocycles. The lowest BCUT2D eigenvalue weighted by molar-refractivity contribution is -0.134. The third-order valence-electron chi connectivity index (χ3n) is 5.54. The van der Waals surface area contributed by atoms with Gasteiger partial charge in [-0.3, -0.25) is 4.79 Å². The molecule has 3 heterocycles. The zero-order valence-electron chi connectivity index (χ0n) is 14.6. The lowest BCUT2D eigenvalue weighted by atomic mass is 9.95. The summed E-state index contributed by atoms with van der Waals surface area (Å²) in [5.74, 6) is 2.27. The molecule has 1 N–H and O–H groups in total. The largest absolute Gasteiger partial charge is 0.354 e. The summed E-state index contributed by atoms with van der Waals surface area (Å²) >= 11 is 0. The van der Waals surface area contributed by atoms with Crippen molar-refractivity contribution in [1.82, 2.24) is 20.2 Å². The van der Waals surface area contributed by atoms with Crippen LogP contribution < -0.4 is 10.2 Å². The van der Waals surface area contributed by atoms with Gasteiger partial charge in [0.1, 0.15) is 11.6 Å². The van der Waals surface area contributed by atoms with Crippen LogP contribution in [-0.2, 0) is 17.6 Å². The van der Waals surface area contributed by atoms with Gasteiger partial charge in [-0.1, -0.05) is 0 Å². The van der Waals surface area contributed by atoms with Gasteiger partial charge in [0.15, 0.2) is 0 Å². The number of amides is 1. The number of anilines is 1. The highest BCUT2D eigenvalue weighted by atomic mass is 16.2. The van der Waals surface area contributed by atoms with Crippen LogP contribution >= 0.6 is 0 Å². The molecular formula is C18H27N5O. The topological polar surface area (TPSA) is 61.4 Å². The Morgan fingerprint density at radius 2 is 2.00 bits per heavy atom. The molecule has 130 valence electrons. The third kappa shape index (κ3) is 2.99. The van der Waals surface area contributed by atoms with Gasteiger partial charge in [0.2, 0.25) is 5.91 Å². The summed E-state index contributed by atoms with van der Waals surface area (Å²) in [6.45, 7) is 6.18. The van der Waals surface area contributed by atoms with E-state index in [0.717, 1.165) is 63.5 Å². The molecule has 0 unspecified atom stereocenters. The zero-order chi connectivity index (χ0) is 16.5. The summed E-state index contributed by atoms with van der Waals surface area (Å²) in [5, 5.41) is 3.17. The van der Waals surface area contributed by atoms with Crippen LogP contribution in [-0.4, -0.2) is 59.5 Å². The van der Waals surface area contributed by atoms with Crippen molar-refractivity contribution >= 4 is 11.7 Å². The highest BCUT2D eigenvalue weighted by Gasteiger charge is 2.32. The van der Waals surface area contributed by atoms with E-state index in [2.05, 4.69) is 20.1 Å². The van der Waals surface area contributed by atoms with Crippen LogP contribution in [0.1, 0.15) is 42.8 Å². The number of piperazine rings is 1. The SMILES string of the molecule is Cc1nc2c(c(N3CCC[C@H](N4CCNCC4=O)C3)n1)CCCC2. The lowest BCUT2D eigenvalue weighted by Gasteiger charge is -2.42. The van der Waals surface area contributed by atoms with Crippen LogP contribution in [0.5, 0.6) is 0 Å². The number of carbonyl (C=O) groups is 1. The second-order valence-corrected chi connectivity index (χ2v) is 7.23. The second kappa shape index (κ2) is 6.67. The average molecular weight is 329 g/mol. The highest BCUT2D eigenvalue weighted by molar-refractivity contribution is 5.79. The van der Waals surface area contributed by atoms with Crippen molar-refractivity contribution < 1.29 is 4.79 Å². The molecule has 0 radical (unpaired) electrons. The Morgan fingerprint density at radius 1 is 1.12 bits per heavy atom. The molecule has 1 atom stereocenters. The first-order chi connectivity index (χ1) is 11.7. The van der Waals surface area contributed by atoms with E-state index < -0.39 is 0 Å². The molecule has 2 fully saturated rings. The predicted molar refractivity (Wildman–Crippen MR) is 93.2 cm³/mol. The van der Waals surface area contributed by atoms with Gasteiger partial charge in [0.25, 0.3) is 0 Å². The zero-order valence-corrected chi connectivity index (χ0v) is 14.6. The van der Waals surface area contributed by atoms with Crippen molar-refractivity contribution in [2.75, 3.05) is 37.6 Å². The maximum Gasteiger partial charge on any atom is 0.236 e.